The van der Waals surface area contributed by atoms with Gasteiger partial charge in [-0.1, -0.05) is 48.5 Å². The van der Waals surface area contributed by atoms with Crippen molar-refractivity contribution in [1.29, 1.82) is 0 Å². The normalized spacial score (nSPS) is 17.7. The highest BCUT2D eigenvalue weighted by Crippen LogP contribution is 2.44. The number of rotatable bonds is 7. The molecule has 35 heavy (non-hydrogen) atoms. The molecule has 0 aliphatic heterocycles. The van der Waals surface area contributed by atoms with Gasteiger partial charge in [-0.25, -0.2) is 9.59 Å². The lowest BCUT2D eigenvalue weighted by Crippen LogP contribution is -2.29. The molecule has 0 radical (unpaired) electrons. The minimum atomic E-state index is -1.25. The molecule has 0 saturated heterocycles. The second-order valence-electron chi connectivity index (χ2n) is 8.83. The Morgan fingerprint density at radius 3 is 2.26 bits per heavy atom. The van der Waals surface area contributed by atoms with Crippen LogP contribution in [0.3, 0.4) is 0 Å². The summed E-state index contributed by atoms with van der Waals surface area (Å²) in [7, 11) is 0. The van der Waals surface area contributed by atoms with Gasteiger partial charge in [-0.3, -0.25) is 4.79 Å². The zero-order valence-electron chi connectivity index (χ0n) is 18.7. The van der Waals surface area contributed by atoms with E-state index in [2.05, 4.69) is 34.9 Å². The number of carboxylic acids is 1. The fourth-order valence-electron chi connectivity index (χ4n) is 4.70. The van der Waals surface area contributed by atoms with Crippen molar-refractivity contribution in [3.63, 3.8) is 0 Å². The summed E-state index contributed by atoms with van der Waals surface area (Å²) < 4.78 is 5.52. The molecule has 1 saturated carbocycles. The molecule has 1 fully saturated rings. The first-order chi connectivity index (χ1) is 16.9. The molecule has 2 amide bonds. The molecule has 3 aromatic carbocycles. The minimum Gasteiger partial charge on any atom is -0.508 e. The van der Waals surface area contributed by atoms with Crippen molar-refractivity contribution in [2.24, 2.45) is 11.8 Å². The number of ether oxygens (including phenoxy) is 1. The zero-order valence-corrected chi connectivity index (χ0v) is 18.7. The topological polar surface area (TPSA) is 125 Å². The molecule has 0 aromatic heterocycles. The van der Waals surface area contributed by atoms with Gasteiger partial charge in [0.05, 0.1) is 11.3 Å². The average molecular weight is 472 g/mol. The fraction of sp³-hybridized carbons (Fsp3) is 0.222. The number of nitrogens with one attached hydrogen (secondary N) is 2. The lowest BCUT2D eigenvalue weighted by atomic mass is 9.98. The van der Waals surface area contributed by atoms with Crippen molar-refractivity contribution < 1.29 is 29.3 Å². The molecule has 4 N–H and O–H groups in total. The number of phenols is 1. The maximum absolute atomic E-state index is 12.5. The van der Waals surface area contributed by atoms with Crippen LogP contribution in [0.4, 0.5) is 10.5 Å². The number of hydrogen-bond acceptors (Lipinski definition) is 5. The highest BCUT2D eigenvalue weighted by molar-refractivity contribution is 6.02. The van der Waals surface area contributed by atoms with E-state index in [9.17, 15) is 24.6 Å². The number of amides is 2. The molecule has 8 heteroatoms. The summed E-state index contributed by atoms with van der Waals surface area (Å²) in [6, 6.07) is 20.0. The Labute approximate surface area is 201 Å². The van der Waals surface area contributed by atoms with Crippen molar-refractivity contribution in [2.45, 2.75) is 12.3 Å². The van der Waals surface area contributed by atoms with E-state index in [1.54, 1.807) is 0 Å². The minimum absolute atomic E-state index is 0.0265. The summed E-state index contributed by atoms with van der Waals surface area (Å²) in [5.74, 6) is -2.18. The van der Waals surface area contributed by atoms with Crippen LogP contribution in [0.1, 0.15) is 33.8 Å². The summed E-state index contributed by atoms with van der Waals surface area (Å²) in [5.41, 5.74) is 4.51. The summed E-state index contributed by atoms with van der Waals surface area (Å²) >= 11 is 0. The number of alkyl carbamates (subject to hydrolysis) is 1. The van der Waals surface area contributed by atoms with Crippen LogP contribution in [-0.2, 0) is 9.53 Å². The SMILES string of the molecule is O=C(NC[C@H]1C[C@H]1C(=O)Nc1ccc(O)cc1C(=O)O)OCC1c2ccccc2-c2ccccc21. The molecule has 0 heterocycles. The summed E-state index contributed by atoms with van der Waals surface area (Å²) in [6.45, 7) is 0.503. The van der Waals surface area contributed by atoms with Gasteiger partial charge in [0, 0.05) is 18.4 Å². The summed E-state index contributed by atoms with van der Waals surface area (Å²) in [4.78, 5) is 36.2. The third-order valence-corrected chi connectivity index (χ3v) is 6.60. The van der Waals surface area contributed by atoms with Crippen LogP contribution >= 0.6 is 0 Å². The molecule has 178 valence electrons. The van der Waals surface area contributed by atoms with Crippen LogP contribution < -0.4 is 10.6 Å². The molecular weight excluding hydrogens is 448 g/mol. The summed E-state index contributed by atoms with van der Waals surface area (Å²) in [6.07, 6.45) is 0.0420. The molecule has 5 rings (SSSR count). The maximum Gasteiger partial charge on any atom is 0.407 e. The number of benzene rings is 3. The van der Waals surface area contributed by atoms with Gasteiger partial charge in [0.2, 0.25) is 5.91 Å². The Bertz CT molecular complexity index is 1280. The first kappa shape index (κ1) is 22.5. The average Bonchev–Trinajstić information content (AvgIpc) is 3.57. The Balaban J connectivity index is 1.12. The first-order valence-electron chi connectivity index (χ1n) is 11.4. The van der Waals surface area contributed by atoms with E-state index in [4.69, 9.17) is 4.74 Å². The predicted octanol–water partition coefficient (Wildman–Crippen LogP) is 4.20. The molecule has 0 bridgehead atoms. The van der Waals surface area contributed by atoms with Crippen LogP contribution in [0, 0.1) is 11.8 Å². The van der Waals surface area contributed by atoms with Crippen molar-refractivity contribution in [1.82, 2.24) is 5.32 Å². The maximum atomic E-state index is 12.5. The number of carbonyl (C=O) groups is 3. The number of phenolic OH excluding ortho intramolecular Hbond substituents is 1. The number of hydrogen-bond donors (Lipinski definition) is 4. The molecular formula is C27H24N2O6. The molecule has 2 atom stereocenters. The second kappa shape index (κ2) is 9.13. The smallest absolute Gasteiger partial charge is 0.407 e. The lowest BCUT2D eigenvalue weighted by Gasteiger charge is -2.14. The largest absolute Gasteiger partial charge is 0.508 e. The number of carbonyl (C=O) groups excluding carboxylic acids is 2. The number of anilines is 1. The zero-order chi connectivity index (χ0) is 24.5. The van der Waals surface area contributed by atoms with Gasteiger partial charge in [-0.2, -0.15) is 0 Å². The van der Waals surface area contributed by atoms with Gasteiger partial charge in [0.15, 0.2) is 0 Å². The number of aromatic hydroxyl groups is 1. The second-order valence-corrected chi connectivity index (χ2v) is 8.83. The van der Waals surface area contributed by atoms with E-state index in [0.29, 0.717) is 6.42 Å². The van der Waals surface area contributed by atoms with Crippen molar-refractivity contribution >= 4 is 23.7 Å². The van der Waals surface area contributed by atoms with Crippen LogP contribution in [0.15, 0.2) is 66.7 Å². The fourth-order valence-corrected chi connectivity index (χ4v) is 4.70. The summed E-state index contributed by atoms with van der Waals surface area (Å²) in [5, 5.41) is 24.1. The van der Waals surface area contributed by atoms with Crippen molar-refractivity contribution in [3.8, 4) is 16.9 Å². The van der Waals surface area contributed by atoms with E-state index in [1.807, 2.05) is 24.3 Å². The number of carboxylic acid groups (broad SMARTS) is 1. The van der Waals surface area contributed by atoms with Crippen LogP contribution in [0.2, 0.25) is 0 Å². The standard InChI is InChI=1S/C27H24N2O6/c30-16-9-10-24(22(12-16)26(32)33)29-25(31)21-11-15(21)13-28-27(34)35-14-23-19-7-3-1-5-17(19)18-6-2-4-8-20(18)23/h1-10,12,15,21,23,30H,11,13-14H2,(H,28,34)(H,29,31)(H,32,33)/t15-,21-/m1/s1. The van der Waals surface area contributed by atoms with Gasteiger partial charge in [-0.15, -0.1) is 0 Å². The van der Waals surface area contributed by atoms with Gasteiger partial charge in [0.1, 0.15) is 12.4 Å². The van der Waals surface area contributed by atoms with Crippen LogP contribution in [0.25, 0.3) is 11.1 Å². The third-order valence-electron chi connectivity index (χ3n) is 6.60. The number of fused-ring (bicyclic) bond motifs is 3. The highest BCUT2D eigenvalue weighted by atomic mass is 16.5. The van der Waals surface area contributed by atoms with Gasteiger partial charge < -0.3 is 25.6 Å². The monoisotopic (exact) mass is 472 g/mol. The lowest BCUT2D eigenvalue weighted by molar-refractivity contribution is -0.117. The van der Waals surface area contributed by atoms with Crippen molar-refractivity contribution in [3.05, 3.63) is 83.4 Å². The van der Waals surface area contributed by atoms with Gasteiger partial charge >= 0.3 is 12.1 Å². The molecule has 2 aliphatic rings. The molecule has 0 spiro atoms. The molecule has 2 aliphatic carbocycles. The highest BCUT2D eigenvalue weighted by Gasteiger charge is 2.43. The molecule has 3 aromatic rings. The third kappa shape index (κ3) is 4.55. The van der Waals surface area contributed by atoms with Gasteiger partial charge in [0.25, 0.3) is 0 Å². The quantitative estimate of drug-likeness (QED) is 0.382. The Morgan fingerprint density at radius 2 is 1.60 bits per heavy atom. The van der Waals surface area contributed by atoms with E-state index in [0.717, 1.165) is 28.3 Å². The van der Waals surface area contributed by atoms with E-state index in [-0.39, 0.29) is 53.8 Å². The van der Waals surface area contributed by atoms with Gasteiger partial charge in [-0.05, 0) is 52.8 Å². The molecule has 0 unspecified atom stereocenters. The van der Waals surface area contributed by atoms with E-state index < -0.39 is 12.1 Å². The number of aromatic carboxylic acids is 1. The molecule has 8 nitrogen and oxygen atoms in total. The van der Waals surface area contributed by atoms with E-state index >= 15 is 0 Å². The van der Waals surface area contributed by atoms with E-state index in [1.165, 1.54) is 12.1 Å². The van der Waals surface area contributed by atoms with Crippen molar-refractivity contribution in [2.75, 3.05) is 18.5 Å². The predicted molar refractivity (Wildman–Crippen MR) is 128 cm³/mol. The first-order valence-corrected chi connectivity index (χ1v) is 11.4. The Hall–Kier alpha value is -4.33. The van der Waals surface area contributed by atoms with Crippen LogP contribution in [0.5, 0.6) is 5.75 Å². The Kier molecular flexibility index (Phi) is 5.86. The Morgan fingerprint density at radius 1 is 0.943 bits per heavy atom. The van der Waals surface area contributed by atoms with Crippen LogP contribution in [-0.4, -0.2) is 41.3 Å².